The van der Waals surface area contributed by atoms with Crippen LogP contribution in [0.1, 0.15) is 54.1 Å². The minimum atomic E-state index is -4.60. The highest BCUT2D eigenvalue weighted by atomic mass is 35.5. The molecule has 0 aromatic heterocycles. The maximum atomic E-state index is 14.5. The summed E-state index contributed by atoms with van der Waals surface area (Å²) in [7, 11) is 1.33. The molecular formula is C32H30Cl2F3N3O4. The molecule has 0 aliphatic carbocycles. The molecule has 0 bridgehead atoms. The number of nitrogens with zero attached hydrogens (tertiary/aromatic N) is 3. The van der Waals surface area contributed by atoms with Crippen LogP contribution in [0.2, 0.25) is 10.0 Å². The number of likely N-dealkylation sites (tertiary alicyclic amines) is 1. The molecule has 5 rings (SSSR count). The van der Waals surface area contributed by atoms with Gasteiger partial charge in [-0.05, 0) is 73.4 Å². The van der Waals surface area contributed by atoms with Crippen LogP contribution in [-0.4, -0.2) is 54.4 Å². The fraction of sp³-hybridized carbons (Fsp3) is 0.344. The van der Waals surface area contributed by atoms with E-state index in [-0.39, 0.29) is 48.7 Å². The van der Waals surface area contributed by atoms with Crippen molar-refractivity contribution < 1.29 is 32.2 Å². The highest BCUT2D eigenvalue weighted by Crippen LogP contribution is 2.46. The second kappa shape index (κ2) is 13.1. The van der Waals surface area contributed by atoms with Crippen LogP contribution in [0.15, 0.2) is 71.7 Å². The van der Waals surface area contributed by atoms with Gasteiger partial charge in [0.15, 0.2) is 0 Å². The Hall–Kier alpha value is -3.76. The molecule has 232 valence electrons. The lowest BCUT2D eigenvalue weighted by atomic mass is 9.93. The van der Waals surface area contributed by atoms with E-state index < -0.39 is 29.9 Å². The lowest BCUT2D eigenvalue weighted by molar-refractivity contribution is -0.146. The summed E-state index contributed by atoms with van der Waals surface area (Å²) >= 11 is 12.4. The molecule has 2 aliphatic heterocycles. The maximum absolute atomic E-state index is 14.5. The van der Waals surface area contributed by atoms with Crippen molar-refractivity contribution in [2.24, 2.45) is 10.9 Å². The van der Waals surface area contributed by atoms with Crippen molar-refractivity contribution in [2.75, 3.05) is 26.8 Å². The predicted molar refractivity (Wildman–Crippen MR) is 161 cm³/mol. The van der Waals surface area contributed by atoms with Gasteiger partial charge in [0.1, 0.15) is 17.6 Å². The zero-order valence-electron chi connectivity index (χ0n) is 24.0. The van der Waals surface area contributed by atoms with Crippen LogP contribution in [-0.2, 0) is 15.7 Å². The van der Waals surface area contributed by atoms with Crippen LogP contribution in [0.3, 0.4) is 0 Å². The zero-order valence-corrected chi connectivity index (χ0v) is 25.5. The summed E-state index contributed by atoms with van der Waals surface area (Å²) in [4.78, 5) is 34.8. The van der Waals surface area contributed by atoms with Crippen LogP contribution in [0, 0.1) is 5.92 Å². The lowest BCUT2D eigenvalue weighted by Crippen LogP contribution is -2.50. The number of aliphatic imine (C=N–C) groups is 1. The van der Waals surface area contributed by atoms with Crippen molar-refractivity contribution >= 4 is 41.0 Å². The van der Waals surface area contributed by atoms with E-state index in [0.29, 0.717) is 22.9 Å². The summed E-state index contributed by atoms with van der Waals surface area (Å²) in [5.41, 5.74) is 0.829. The van der Waals surface area contributed by atoms with Crippen LogP contribution in [0.4, 0.5) is 18.0 Å². The second-order valence-electron chi connectivity index (χ2n) is 10.5. The van der Waals surface area contributed by atoms with Gasteiger partial charge < -0.3 is 14.4 Å². The number of hydrogen-bond donors (Lipinski definition) is 0. The van der Waals surface area contributed by atoms with Gasteiger partial charge in [0.05, 0.1) is 36.8 Å². The van der Waals surface area contributed by atoms with Gasteiger partial charge >= 0.3 is 18.2 Å². The number of esters is 1. The summed E-state index contributed by atoms with van der Waals surface area (Å²) in [6.45, 7) is 2.33. The quantitative estimate of drug-likeness (QED) is 0.255. The molecule has 0 radical (unpaired) electrons. The number of ether oxygens (including phenoxy) is 2. The van der Waals surface area contributed by atoms with E-state index in [4.69, 9.17) is 37.7 Å². The number of hydrogen-bond acceptors (Lipinski definition) is 5. The summed E-state index contributed by atoms with van der Waals surface area (Å²) in [6.07, 6.45) is -3.77. The van der Waals surface area contributed by atoms with Gasteiger partial charge in [-0.25, -0.2) is 4.79 Å². The Morgan fingerprint density at radius 3 is 2.07 bits per heavy atom. The average Bonchev–Trinajstić information content (AvgIpc) is 3.41. The monoisotopic (exact) mass is 647 g/mol. The van der Waals surface area contributed by atoms with Crippen molar-refractivity contribution in [3.63, 3.8) is 0 Å². The third-order valence-electron chi connectivity index (χ3n) is 7.85. The molecule has 2 aliphatic rings. The molecule has 1 fully saturated rings. The number of amides is 2. The molecule has 3 aromatic rings. The minimum Gasteiger partial charge on any atom is -0.493 e. The number of alkyl halides is 3. The van der Waals surface area contributed by atoms with E-state index in [1.54, 1.807) is 48.2 Å². The number of rotatable bonds is 6. The van der Waals surface area contributed by atoms with Crippen LogP contribution in [0.25, 0.3) is 0 Å². The average molecular weight is 649 g/mol. The first-order chi connectivity index (χ1) is 21.0. The molecule has 3 aromatic carbocycles. The number of carbonyl (C=O) groups excluding carboxylic acids is 2. The predicted octanol–water partition coefficient (Wildman–Crippen LogP) is 7.96. The molecule has 1 saturated heterocycles. The Labute approximate surface area is 263 Å². The van der Waals surface area contributed by atoms with Gasteiger partial charge in [-0.15, -0.1) is 0 Å². The fourth-order valence-corrected chi connectivity index (χ4v) is 5.89. The number of halogens is 5. The van der Waals surface area contributed by atoms with Gasteiger partial charge in [0.2, 0.25) is 0 Å². The third-order valence-corrected chi connectivity index (χ3v) is 8.35. The fourth-order valence-electron chi connectivity index (χ4n) is 5.64. The Kier molecular flexibility index (Phi) is 9.41. The van der Waals surface area contributed by atoms with Crippen LogP contribution < -0.4 is 4.74 Å². The smallest absolute Gasteiger partial charge is 0.416 e. The molecule has 44 heavy (non-hydrogen) atoms. The van der Waals surface area contributed by atoms with Crippen molar-refractivity contribution in [2.45, 2.75) is 38.0 Å². The SMILES string of the molecule is CCOc1cc(C(F)(F)F)ccc1C1=NC(c2ccc(Cl)cc2)C(c2ccc(Cl)cc2)N1C(=O)N1CCC(C(=O)OC)CC1. The first-order valence-corrected chi connectivity index (χ1v) is 14.9. The third kappa shape index (κ3) is 6.51. The van der Waals surface area contributed by atoms with E-state index in [0.717, 1.165) is 23.3 Å². The molecule has 2 heterocycles. The van der Waals surface area contributed by atoms with Crippen molar-refractivity contribution in [3.05, 3.63) is 99.0 Å². The van der Waals surface area contributed by atoms with E-state index in [2.05, 4.69) is 0 Å². The molecular weight excluding hydrogens is 618 g/mol. The van der Waals surface area contributed by atoms with Crippen molar-refractivity contribution in [1.29, 1.82) is 0 Å². The summed E-state index contributed by atoms with van der Waals surface area (Å²) < 4.78 is 51.7. The standard InChI is InChI=1S/C32H30Cl2F3N3O4/c1-3-44-26-18-22(32(35,36)37)8-13-25(26)29-38-27(19-4-9-23(33)10-5-19)28(20-6-11-24(34)12-7-20)40(29)31(42)39-16-14-21(15-17-39)30(41)43-2/h4-13,18,21,27-28H,3,14-17H2,1-2H3. The summed E-state index contributed by atoms with van der Waals surface area (Å²) in [6, 6.07) is 15.5. The molecule has 0 saturated carbocycles. The Morgan fingerprint density at radius 2 is 1.52 bits per heavy atom. The van der Waals surface area contributed by atoms with Crippen LogP contribution in [0.5, 0.6) is 5.75 Å². The van der Waals surface area contributed by atoms with E-state index in [1.165, 1.54) is 18.1 Å². The molecule has 0 spiro atoms. The second-order valence-corrected chi connectivity index (χ2v) is 11.4. The number of carbonyl (C=O) groups is 2. The van der Waals surface area contributed by atoms with Gasteiger partial charge in [-0.1, -0.05) is 47.5 Å². The molecule has 0 N–H and O–H groups in total. The lowest BCUT2D eigenvalue weighted by Gasteiger charge is -2.37. The highest BCUT2D eigenvalue weighted by molar-refractivity contribution is 6.30. The van der Waals surface area contributed by atoms with Crippen molar-refractivity contribution in [3.8, 4) is 5.75 Å². The molecule has 2 unspecified atom stereocenters. The molecule has 12 heteroatoms. The van der Waals surface area contributed by atoms with Gasteiger partial charge in [-0.3, -0.25) is 14.7 Å². The van der Waals surface area contributed by atoms with E-state index in [1.807, 2.05) is 12.1 Å². The van der Waals surface area contributed by atoms with E-state index in [9.17, 15) is 22.8 Å². The first kappa shape index (κ1) is 31.7. The Bertz CT molecular complexity index is 1540. The molecule has 2 atom stereocenters. The number of methoxy groups -OCH3 is 1. The molecule has 7 nitrogen and oxygen atoms in total. The van der Waals surface area contributed by atoms with Gasteiger partial charge in [-0.2, -0.15) is 13.2 Å². The largest absolute Gasteiger partial charge is 0.493 e. The van der Waals surface area contributed by atoms with E-state index >= 15 is 0 Å². The summed E-state index contributed by atoms with van der Waals surface area (Å²) in [5.74, 6) is -0.533. The molecule has 2 amide bonds. The Balaban J connectivity index is 1.65. The normalized spacial score (nSPS) is 19.1. The number of piperidine rings is 1. The van der Waals surface area contributed by atoms with Gasteiger partial charge in [0.25, 0.3) is 0 Å². The van der Waals surface area contributed by atoms with Crippen LogP contribution >= 0.6 is 23.2 Å². The van der Waals surface area contributed by atoms with Gasteiger partial charge in [0, 0.05) is 23.1 Å². The van der Waals surface area contributed by atoms with Crippen molar-refractivity contribution in [1.82, 2.24) is 9.80 Å². The minimum absolute atomic E-state index is 0.0464. The number of urea groups is 1. The first-order valence-electron chi connectivity index (χ1n) is 14.1. The number of amidine groups is 1. The topological polar surface area (TPSA) is 71.4 Å². The maximum Gasteiger partial charge on any atom is 0.416 e. The zero-order chi connectivity index (χ0) is 31.6. The number of benzene rings is 3. The highest BCUT2D eigenvalue weighted by Gasteiger charge is 2.45. The Morgan fingerprint density at radius 1 is 0.932 bits per heavy atom. The summed E-state index contributed by atoms with van der Waals surface area (Å²) in [5, 5.41) is 1.02.